The average molecular weight is 1300 g/mol. The lowest BCUT2D eigenvalue weighted by atomic mass is 9.94. The van der Waals surface area contributed by atoms with E-state index in [9.17, 15) is 13.9 Å². The van der Waals surface area contributed by atoms with Gasteiger partial charge in [-0.2, -0.15) is 5.26 Å². The van der Waals surface area contributed by atoms with Crippen LogP contribution in [0.2, 0.25) is 0 Å². The Hall–Kier alpha value is -10.6. The summed E-state index contributed by atoms with van der Waals surface area (Å²) in [5, 5.41) is 28.4. The summed E-state index contributed by atoms with van der Waals surface area (Å²) in [6, 6.07) is 49.9. The minimum Gasteiger partial charge on any atom is -0.391 e. The second-order valence-electron chi connectivity index (χ2n) is 27.5. The second-order valence-corrected chi connectivity index (χ2v) is 27.5. The molecule has 12 aromatic rings. The number of aliphatic hydroxyl groups excluding tert-OH is 1. The van der Waals surface area contributed by atoms with Gasteiger partial charge in [-0.3, -0.25) is 13.7 Å². The van der Waals surface area contributed by atoms with Gasteiger partial charge in [0.1, 0.15) is 18.0 Å². The molecule has 6 aliphatic rings. The first-order valence-corrected chi connectivity index (χ1v) is 34.5. The number of benzene rings is 6. The van der Waals surface area contributed by atoms with Gasteiger partial charge in [0.15, 0.2) is 17.5 Å². The summed E-state index contributed by atoms with van der Waals surface area (Å²) in [7, 11) is 4.15. The van der Waals surface area contributed by atoms with Crippen molar-refractivity contribution in [3.05, 3.63) is 229 Å². The van der Waals surface area contributed by atoms with E-state index >= 15 is 0 Å². The molecule has 494 valence electrons. The number of anilines is 3. The summed E-state index contributed by atoms with van der Waals surface area (Å²) in [5.41, 5.74) is 21.1. The van der Waals surface area contributed by atoms with Crippen LogP contribution in [-0.2, 0) is 19.6 Å². The lowest BCUT2D eigenvalue weighted by Crippen LogP contribution is -2.46. The van der Waals surface area contributed by atoms with E-state index in [4.69, 9.17) is 10.2 Å². The number of rotatable bonds is 12. The summed E-state index contributed by atoms with van der Waals surface area (Å²) >= 11 is 0. The number of nitriles is 1. The minimum atomic E-state index is -0.302. The molecule has 3 fully saturated rings. The summed E-state index contributed by atoms with van der Waals surface area (Å²) < 4.78 is 40.0. The highest BCUT2D eigenvalue weighted by Crippen LogP contribution is 2.41. The van der Waals surface area contributed by atoms with E-state index in [0.717, 1.165) is 156 Å². The first-order chi connectivity index (χ1) is 47.9. The van der Waals surface area contributed by atoms with E-state index in [0.29, 0.717) is 18.7 Å². The maximum absolute atomic E-state index is 13.5. The van der Waals surface area contributed by atoms with Gasteiger partial charge in [0.2, 0.25) is 0 Å². The molecule has 0 saturated carbocycles. The second kappa shape index (κ2) is 26.1. The van der Waals surface area contributed by atoms with Crippen molar-refractivity contribution in [3.8, 4) is 91.1 Å². The zero-order valence-corrected chi connectivity index (χ0v) is 55.8. The van der Waals surface area contributed by atoms with Crippen LogP contribution in [0.15, 0.2) is 195 Å². The fourth-order valence-electron chi connectivity index (χ4n) is 15.4. The number of halogens is 2. The maximum atomic E-state index is 13.5. The van der Waals surface area contributed by atoms with Crippen molar-refractivity contribution in [1.82, 2.24) is 52.5 Å². The van der Waals surface area contributed by atoms with Gasteiger partial charge in [0.05, 0.1) is 51.9 Å². The van der Waals surface area contributed by atoms with E-state index in [1.807, 2.05) is 67.1 Å². The molecule has 0 aliphatic carbocycles. The summed E-state index contributed by atoms with van der Waals surface area (Å²) in [5.74, 6) is 4.13. The summed E-state index contributed by atoms with van der Waals surface area (Å²) in [4.78, 5) is 18.9. The molecule has 0 bridgehead atoms. The molecule has 98 heavy (non-hydrogen) atoms. The molecule has 12 heterocycles. The van der Waals surface area contributed by atoms with E-state index in [-0.39, 0.29) is 23.7 Å². The molecule has 0 spiro atoms. The third-order valence-electron chi connectivity index (χ3n) is 20.9. The van der Waals surface area contributed by atoms with Crippen LogP contribution in [0.5, 0.6) is 0 Å². The molecule has 3 atom stereocenters. The average Bonchev–Trinajstić information content (AvgIpc) is 1.62. The van der Waals surface area contributed by atoms with Crippen molar-refractivity contribution in [3.63, 3.8) is 0 Å². The molecule has 18 heteroatoms. The molecule has 3 saturated heterocycles. The molecule has 0 radical (unpaired) electrons. The zero-order valence-electron chi connectivity index (χ0n) is 55.8. The third kappa shape index (κ3) is 12.0. The van der Waals surface area contributed by atoms with Crippen LogP contribution >= 0.6 is 0 Å². The molecule has 0 amide bonds. The largest absolute Gasteiger partial charge is 0.391 e. The van der Waals surface area contributed by atoms with Gasteiger partial charge < -0.3 is 38.4 Å². The van der Waals surface area contributed by atoms with Crippen molar-refractivity contribution < 1.29 is 13.9 Å². The Labute approximate surface area is 570 Å². The number of hydrogen-bond donors (Lipinski definition) is 1. The van der Waals surface area contributed by atoms with Crippen LogP contribution in [0.4, 0.5) is 25.8 Å². The van der Waals surface area contributed by atoms with Crippen molar-refractivity contribution in [2.45, 2.75) is 71.7 Å². The number of hydrogen-bond acceptors (Lipinski definition) is 10. The number of aliphatic hydroxyl groups is 1. The Bertz CT molecular complexity index is 4920. The van der Waals surface area contributed by atoms with E-state index in [2.05, 4.69) is 194 Å². The fraction of sp³-hybridized carbons (Fsp3) is 0.287. The van der Waals surface area contributed by atoms with Gasteiger partial charge in [-0.05, 0) is 194 Å². The van der Waals surface area contributed by atoms with Gasteiger partial charge in [-0.1, -0.05) is 63.1 Å². The van der Waals surface area contributed by atoms with Gasteiger partial charge >= 0.3 is 0 Å². The molecule has 6 aromatic carbocycles. The molecule has 1 unspecified atom stereocenters. The number of nitrogens with zero attached hydrogens (tertiary/aromatic N) is 15. The monoisotopic (exact) mass is 1300 g/mol. The van der Waals surface area contributed by atoms with Crippen LogP contribution in [-0.4, -0.2) is 124 Å². The van der Waals surface area contributed by atoms with Crippen LogP contribution in [0, 0.1) is 40.7 Å². The van der Waals surface area contributed by atoms with Crippen LogP contribution in [0.1, 0.15) is 68.2 Å². The first-order valence-electron chi connectivity index (χ1n) is 34.5. The maximum Gasteiger partial charge on any atom is 0.185 e. The topological polar surface area (TPSA) is 138 Å². The van der Waals surface area contributed by atoms with Crippen molar-refractivity contribution in [1.29, 1.82) is 5.26 Å². The van der Waals surface area contributed by atoms with E-state index in [1.54, 1.807) is 6.33 Å². The SMILES string of the molecule is CCC1CCN(c2ccc3c(c2)Cn2cc(-c4ccc(C#N)cc4)cc2-c2nccn2-3)C1.CCCC1CN(c2ccc3c(c2)Cn2cc(-c4ccc(F)cc4)cc2-c2nncn2-3)C1.CN(C)CC[C@H]1CN(c2ccc3c(c2)Cn2cc(-c4ccc(F)cc4)cc2-c2nccn2-3)C[C@@H]1O. The molecular formula is C80H79F2N15O. The minimum absolute atomic E-state index is 0.224. The van der Waals surface area contributed by atoms with Gasteiger partial charge in [0.25, 0.3) is 0 Å². The van der Waals surface area contributed by atoms with Gasteiger partial charge in [0, 0.05) is 142 Å². The smallest absolute Gasteiger partial charge is 0.185 e. The predicted molar refractivity (Wildman–Crippen MR) is 383 cm³/mol. The number of β-amino-alcohol motifs (C(OH)–C–C–N with tert-alkyl or cyclic N) is 1. The zero-order chi connectivity index (χ0) is 66.7. The summed E-state index contributed by atoms with van der Waals surface area (Å²) in [6.07, 6.45) is 21.8. The lowest BCUT2D eigenvalue weighted by Gasteiger charge is -2.41. The van der Waals surface area contributed by atoms with Gasteiger partial charge in [-0.25, -0.2) is 18.7 Å². The van der Waals surface area contributed by atoms with Crippen molar-refractivity contribution in [2.75, 3.05) is 74.6 Å². The highest BCUT2D eigenvalue weighted by molar-refractivity contribution is 5.76. The first kappa shape index (κ1) is 62.2. The Morgan fingerprint density at radius 1 is 0.520 bits per heavy atom. The van der Waals surface area contributed by atoms with Gasteiger partial charge in [-0.15, -0.1) is 10.2 Å². The summed E-state index contributed by atoms with van der Waals surface area (Å²) in [6.45, 7) is 13.9. The standard InChI is InChI=1S/C28H30FN5O.C27H25N5.C25H24FN5/c1-31(2)11-9-20-15-32(18-27(20)35)24-7-8-25-22(13-24)17-33-16-21(19-3-5-23(29)6-4-19)14-26(33)28-30-10-12-34(25)28;1-2-19-9-11-30(16-19)24-7-8-25-23(13-24)18-31-17-22(21-5-3-20(15-28)4-6-21)14-26(31)27-29-10-12-32(25)27;1-2-3-17-12-29(13-17)22-8-9-23-20(10-22)15-30-14-19(18-4-6-21(26)7-5-18)11-24(30)25-28-27-16-31(23)25/h3-8,10,12-14,16,20,27,35H,9,11,15,17-18H2,1-2H3;3-8,10,12-14,17,19H,2,9,11,16,18H2,1H3;4-11,14,16-17H,2-3,12-13,15H2,1H3/t20-,27-;;/m0../s1. The molecular weight excluding hydrogens is 1220 g/mol. The Morgan fingerprint density at radius 2 is 0.990 bits per heavy atom. The van der Waals surface area contributed by atoms with E-state index in [1.165, 1.54) is 83.7 Å². The predicted octanol–water partition coefficient (Wildman–Crippen LogP) is 14.9. The van der Waals surface area contributed by atoms with Crippen LogP contribution < -0.4 is 14.7 Å². The fourth-order valence-corrected chi connectivity index (χ4v) is 15.4. The Kier molecular flexibility index (Phi) is 16.6. The molecule has 16 nitrogen and oxygen atoms in total. The van der Waals surface area contributed by atoms with Crippen molar-refractivity contribution in [2.24, 2.45) is 17.8 Å². The van der Waals surface area contributed by atoms with Crippen LogP contribution in [0.3, 0.4) is 0 Å². The highest BCUT2D eigenvalue weighted by Gasteiger charge is 2.33. The molecule has 18 rings (SSSR count). The Balaban J connectivity index is 0.000000115. The highest BCUT2D eigenvalue weighted by atomic mass is 19.1. The lowest BCUT2D eigenvalue weighted by molar-refractivity contribution is 0.138. The van der Waals surface area contributed by atoms with Crippen LogP contribution in [0.25, 0.3) is 85.0 Å². The molecule has 6 aromatic heterocycles. The Morgan fingerprint density at radius 3 is 1.47 bits per heavy atom. The van der Waals surface area contributed by atoms with E-state index < -0.39 is 0 Å². The molecule has 6 aliphatic heterocycles. The number of imidazole rings is 2. The van der Waals surface area contributed by atoms with Crippen molar-refractivity contribution >= 4 is 17.1 Å². The molecule has 1 N–H and O–H groups in total. The number of fused-ring (bicyclic) bond motifs is 15. The third-order valence-corrected chi connectivity index (χ3v) is 20.9. The number of aromatic nitrogens is 10. The normalized spacial score (nSPS) is 17.0. The quantitative estimate of drug-likeness (QED) is 0.126.